The van der Waals surface area contributed by atoms with Crippen molar-refractivity contribution in [2.75, 3.05) is 13.2 Å². The molecule has 2 aromatic rings. The highest BCUT2D eigenvalue weighted by Gasteiger charge is 2.27. The molecule has 33 heavy (non-hydrogen) atoms. The zero-order chi connectivity index (χ0) is 24.8. The maximum Gasteiger partial charge on any atom is 0.324 e. The SMILES string of the molecule is CCCCN(C(=O)CC(C)(C)C)C(=O)NC(CO)c1ccc(-c2c(F)cc(F)cc2F)cc1. The van der Waals surface area contributed by atoms with Gasteiger partial charge in [0.1, 0.15) is 17.5 Å². The summed E-state index contributed by atoms with van der Waals surface area (Å²) in [6, 6.07) is 5.60. The first-order chi connectivity index (χ1) is 15.5. The van der Waals surface area contributed by atoms with E-state index in [1.54, 1.807) is 0 Å². The Labute approximate surface area is 192 Å². The fraction of sp³-hybridized carbons (Fsp3) is 0.440. The van der Waals surface area contributed by atoms with Gasteiger partial charge in [0, 0.05) is 25.1 Å². The number of unbranched alkanes of at least 4 members (excludes halogenated alkanes) is 1. The van der Waals surface area contributed by atoms with Gasteiger partial charge in [-0.05, 0) is 23.0 Å². The number of hydrogen-bond donors (Lipinski definition) is 2. The van der Waals surface area contributed by atoms with Gasteiger partial charge in [0.2, 0.25) is 5.91 Å². The smallest absolute Gasteiger partial charge is 0.324 e. The maximum atomic E-state index is 14.1. The molecule has 8 heteroatoms. The fourth-order valence-corrected chi connectivity index (χ4v) is 3.37. The van der Waals surface area contributed by atoms with Gasteiger partial charge in [0.05, 0.1) is 18.2 Å². The highest BCUT2D eigenvalue weighted by atomic mass is 19.1. The lowest BCUT2D eigenvalue weighted by Gasteiger charge is -2.27. The van der Waals surface area contributed by atoms with Gasteiger partial charge in [-0.3, -0.25) is 9.69 Å². The van der Waals surface area contributed by atoms with E-state index >= 15 is 0 Å². The predicted molar refractivity (Wildman–Crippen MR) is 121 cm³/mol. The Morgan fingerprint density at radius 3 is 2.12 bits per heavy atom. The Morgan fingerprint density at radius 1 is 1.06 bits per heavy atom. The summed E-state index contributed by atoms with van der Waals surface area (Å²) in [6.45, 7) is 7.50. The third kappa shape index (κ3) is 7.32. The number of imide groups is 1. The highest BCUT2D eigenvalue weighted by Crippen LogP contribution is 2.28. The molecule has 0 aliphatic rings. The predicted octanol–water partition coefficient (Wildman–Crippen LogP) is 5.58. The molecular weight excluding hydrogens is 433 g/mol. The van der Waals surface area contributed by atoms with Crippen molar-refractivity contribution in [1.29, 1.82) is 0 Å². The van der Waals surface area contributed by atoms with E-state index in [0.717, 1.165) is 11.3 Å². The van der Waals surface area contributed by atoms with Crippen molar-refractivity contribution in [1.82, 2.24) is 10.2 Å². The molecule has 0 aromatic heterocycles. The number of hydrogen-bond acceptors (Lipinski definition) is 3. The van der Waals surface area contributed by atoms with E-state index in [0.29, 0.717) is 24.1 Å². The van der Waals surface area contributed by atoms with Crippen LogP contribution >= 0.6 is 0 Å². The molecule has 180 valence electrons. The number of nitrogens with zero attached hydrogens (tertiary/aromatic N) is 1. The second-order valence-corrected chi connectivity index (χ2v) is 9.19. The summed E-state index contributed by atoms with van der Waals surface area (Å²) >= 11 is 0. The molecule has 2 aromatic carbocycles. The quantitative estimate of drug-likeness (QED) is 0.536. The van der Waals surface area contributed by atoms with Crippen LogP contribution in [0.25, 0.3) is 11.1 Å². The van der Waals surface area contributed by atoms with E-state index in [-0.39, 0.29) is 35.4 Å². The van der Waals surface area contributed by atoms with Crippen molar-refractivity contribution >= 4 is 11.9 Å². The molecule has 0 bridgehead atoms. The first-order valence-electron chi connectivity index (χ1n) is 10.9. The topological polar surface area (TPSA) is 69.6 Å². The Hall–Kier alpha value is -2.87. The Bertz CT molecular complexity index is 949. The van der Waals surface area contributed by atoms with Crippen LogP contribution < -0.4 is 5.32 Å². The molecule has 3 amide bonds. The number of aliphatic hydroxyl groups is 1. The Morgan fingerprint density at radius 2 is 1.64 bits per heavy atom. The van der Waals surface area contributed by atoms with Gasteiger partial charge in [-0.2, -0.15) is 0 Å². The van der Waals surface area contributed by atoms with Gasteiger partial charge < -0.3 is 10.4 Å². The normalized spacial score (nSPS) is 12.4. The lowest BCUT2D eigenvalue weighted by molar-refractivity contribution is -0.130. The van der Waals surface area contributed by atoms with Crippen LogP contribution in [0.4, 0.5) is 18.0 Å². The van der Waals surface area contributed by atoms with E-state index in [9.17, 15) is 27.9 Å². The van der Waals surface area contributed by atoms with E-state index in [2.05, 4.69) is 5.32 Å². The number of carbonyl (C=O) groups excluding carboxylic acids is 2. The van der Waals surface area contributed by atoms with Crippen LogP contribution in [0.1, 0.15) is 58.6 Å². The molecule has 0 aliphatic carbocycles. The third-order valence-electron chi connectivity index (χ3n) is 5.05. The number of nitrogens with one attached hydrogen (secondary N) is 1. The molecular formula is C25H31F3N2O3. The van der Waals surface area contributed by atoms with Crippen LogP contribution in [0, 0.1) is 22.9 Å². The minimum absolute atomic E-state index is 0.182. The molecule has 0 spiro atoms. The van der Waals surface area contributed by atoms with E-state index in [1.165, 1.54) is 24.3 Å². The highest BCUT2D eigenvalue weighted by molar-refractivity contribution is 5.94. The summed E-state index contributed by atoms with van der Waals surface area (Å²) in [6.07, 6.45) is 1.64. The number of benzene rings is 2. The average Bonchev–Trinajstić information content (AvgIpc) is 2.71. The lowest BCUT2D eigenvalue weighted by Crippen LogP contribution is -2.47. The number of amides is 3. The van der Waals surface area contributed by atoms with Gasteiger partial charge in [-0.1, -0.05) is 58.4 Å². The molecule has 0 radical (unpaired) electrons. The maximum absolute atomic E-state index is 14.1. The molecule has 1 atom stereocenters. The number of carbonyl (C=O) groups is 2. The molecule has 0 saturated heterocycles. The first-order valence-corrected chi connectivity index (χ1v) is 10.9. The molecule has 0 heterocycles. The third-order valence-corrected chi connectivity index (χ3v) is 5.05. The minimum Gasteiger partial charge on any atom is -0.394 e. The van der Waals surface area contributed by atoms with Crippen LogP contribution in [0.3, 0.4) is 0 Å². The van der Waals surface area contributed by atoms with Crippen molar-refractivity contribution in [3.05, 3.63) is 59.4 Å². The Balaban J connectivity index is 2.21. The van der Waals surface area contributed by atoms with Gasteiger partial charge in [0.15, 0.2) is 0 Å². The second-order valence-electron chi connectivity index (χ2n) is 9.19. The molecule has 2 N–H and O–H groups in total. The van der Waals surface area contributed by atoms with Gasteiger partial charge >= 0.3 is 6.03 Å². The monoisotopic (exact) mass is 464 g/mol. The summed E-state index contributed by atoms with van der Waals surface area (Å²) in [4.78, 5) is 26.7. The van der Waals surface area contributed by atoms with Crippen molar-refractivity contribution in [2.45, 2.75) is 53.0 Å². The summed E-state index contributed by atoms with van der Waals surface area (Å²) < 4.78 is 41.3. The van der Waals surface area contributed by atoms with Crippen LogP contribution in [0.2, 0.25) is 0 Å². The fourth-order valence-electron chi connectivity index (χ4n) is 3.37. The Kier molecular flexibility index (Phi) is 9.05. The van der Waals surface area contributed by atoms with Crippen molar-refractivity contribution in [2.24, 2.45) is 5.41 Å². The van der Waals surface area contributed by atoms with Crippen LogP contribution in [0.5, 0.6) is 0 Å². The molecule has 2 rings (SSSR count). The van der Waals surface area contributed by atoms with Crippen molar-refractivity contribution in [3.8, 4) is 11.1 Å². The number of halogens is 3. The molecule has 1 unspecified atom stereocenters. The van der Waals surface area contributed by atoms with Gasteiger partial charge in [-0.15, -0.1) is 0 Å². The lowest BCUT2D eigenvalue weighted by atomic mass is 9.91. The summed E-state index contributed by atoms with van der Waals surface area (Å²) in [5.74, 6) is -3.38. The van der Waals surface area contributed by atoms with Crippen LogP contribution in [-0.4, -0.2) is 35.1 Å². The molecule has 0 aliphatic heterocycles. The van der Waals surface area contributed by atoms with Crippen molar-refractivity contribution < 1.29 is 27.9 Å². The zero-order valence-corrected chi connectivity index (χ0v) is 19.4. The number of aliphatic hydroxyl groups excluding tert-OH is 1. The summed E-state index contributed by atoms with van der Waals surface area (Å²) in [7, 11) is 0. The van der Waals surface area contributed by atoms with E-state index in [1.807, 2.05) is 27.7 Å². The molecule has 5 nitrogen and oxygen atoms in total. The van der Waals surface area contributed by atoms with E-state index in [4.69, 9.17) is 0 Å². The number of rotatable bonds is 8. The van der Waals surface area contributed by atoms with E-state index < -0.39 is 36.1 Å². The summed E-state index contributed by atoms with van der Waals surface area (Å²) in [5.41, 5.74) is 0.00264. The minimum atomic E-state index is -1.03. The standard InChI is InChI=1S/C25H31F3N2O3/c1-5-6-11-30(22(32)14-25(2,3)4)24(33)29-21(15-31)16-7-9-17(10-8-16)23-19(27)12-18(26)13-20(23)28/h7-10,12-13,21,31H,5-6,11,14-15H2,1-4H3,(H,29,33). The van der Waals surface area contributed by atoms with Crippen molar-refractivity contribution in [3.63, 3.8) is 0 Å². The van der Waals surface area contributed by atoms with Crippen LogP contribution in [-0.2, 0) is 4.79 Å². The molecule has 0 fully saturated rings. The van der Waals surface area contributed by atoms with Gasteiger partial charge in [-0.25, -0.2) is 18.0 Å². The van der Waals surface area contributed by atoms with Crippen LogP contribution in [0.15, 0.2) is 36.4 Å². The average molecular weight is 465 g/mol. The second kappa shape index (κ2) is 11.3. The molecule has 0 saturated carbocycles. The number of urea groups is 1. The summed E-state index contributed by atoms with van der Waals surface area (Å²) in [5, 5.41) is 12.5. The first kappa shape index (κ1) is 26.4. The zero-order valence-electron chi connectivity index (χ0n) is 19.4. The largest absolute Gasteiger partial charge is 0.394 e. The van der Waals surface area contributed by atoms with Gasteiger partial charge in [0.25, 0.3) is 0 Å².